The van der Waals surface area contributed by atoms with Crippen molar-refractivity contribution >= 4 is 10.8 Å². The first-order valence-corrected chi connectivity index (χ1v) is 5.40. The SMILES string of the molecule is CC(C)(CO)Oc1cccc2ccccc12. The van der Waals surface area contributed by atoms with Gasteiger partial charge < -0.3 is 9.84 Å². The Bertz CT molecular complexity index is 484. The summed E-state index contributed by atoms with van der Waals surface area (Å²) in [4.78, 5) is 0. The van der Waals surface area contributed by atoms with Crippen LogP contribution in [-0.2, 0) is 0 Å². The molecule has 0 saturated carbocycles. The Morgan fingerprint density at radius 1 is 1.06 bits per heavy atom. The molecule has 84 valence electrons. The van der Waals surface area contributed by atoms with Gasteiger partial charge in [0.2, 0.25) is 0 Å². The lowest BCUT2D eigenvalue weighted by molar-refractivity contribution is 0.0426. The van der Waals surface area contributed by atoms with E-state index in [2.05, 4.69) is 0 Å². The Hall–Kier alpha value is -1.54. The monoisotopic (exact) mass is 216 g/mol. The second-order valence-corrected chi connectivity index (χ2v) is 4.50. The van der Waals surface area contributed by atoms with Crippen LogP contribution in [0.1, 0.15) is 13.8 Å². The molecule has 0 bridgehead atoms. The molecule has 2 aromatic rings. The maximum Gasteiger partial charge on any atom is 0.128 e. The van der Waals surface area contributed by atoms with Crippen LogP contribution in [0.2, 0.25) is 0 Å². The summed E-state index contributed by atoms with van der Waals surface area (Å²) in [6.07, 6.45) is 0. The number of benzene rings is 2. The van der Waals surface area contributed by atoms with Crippen molar-refractivity contribution in [1.29, 1.82) is 0 Å². The molecule has 0 spiro atoms. The van der Waals surface area contributed by atoms with Crippen LogP contribution in [0.15, 0.2) is 42.5 Å². The highest BCUT2D eigenvalue weighted by Gasteiger charge is 2.19. The number of hydrogen-bond donors (Lipinski definition) is 1. The molecule has 0 saturated heterocycles. The Balaban J connectivity index is 2.45. The normalized spacial score (nSPS) is 11.7. The molecular weight excluding hydrogens is 200 g/mol. The molecule has 0 unspecified atom stereocenters. The molecule has 0 aliphatic carbocycles. The fourth-order valence-corrected chi connectivity index (χ4v) is 1.61. The number of hydrogen-bond acceptors (Lipinski definition) is 2. The van der Waals surface area contributed by atoms with Gasteiger partial charge in [-0.1, -0.05) is 36.4 Å². The maximum atomic E-state index is 9.20. The van der Waals surface area contributed by atoms with Crippen LogP contribution in [0.5, 0.6) is 5.75 Å². The van der Waals surface area contributed by atoms with E-state index in [-0.39, 0.29) is 6.61 Å². The summed E-state index contributed by atoms with van der Waals surface area (Å²) >= 11 is 0. The van der Waals surface area contributed by atoms with Gasteiger partial charge in [0.1, 0.15) is 11.4 Å². The van der Waals surface area contributed by atoms with Gasteiger partial charge in [0.05, 0.1) is 6.61 Å². The highest BCUT2D eigenvalue weighted by Crippen LogP contribution is 2.28. The minimum absolute atomic E-state index is 0.00375. The highest BCUT2D eigenvalue weighted by atomic mass is 16.5. The average Bonchev–Trinajstić information content (AvgIpc) is 2.29. The summed E-state index contributed by atoms with van der Waals surface area (Å²) in [5.41, 5.74) is -0.551. The second kappa shape index (κ2) is 4.14. The average molecular weight is 216 g/mol. The fourth-order valence-electron chi connectivity index (χ4n) is 1.61. The summed E-state index contributed by atoms with van der Waals surface area (Å²) in [7, 11) is 0. The van der Waals surface area contributed by atoms with Crippen LogP contribution in [0.3, 0.4) is 0 Å². The first-order valence-electron chi connectivity index (χ1n) is 5.40. The van der Waals surface area contributed by atoms with E-state index in [1.807, 2.05) is 56.3 Å². The summed E-state index contributed by atoms with van der Waals surface area (Å²) in [5.74, 6) is 0.817. The largest absolute Gasteiger partial charge is 0.485 e. The van der Waals surface area contributed by atoms with Gasteiger partial charge in [0.15, 0.2) is 0 Å². The maximum absolute atomic E-state index is 9.20. The lowest BCUT2D eigenvalue weighted by atomic mass is 10.1. The zero-order chi connectivity index (χ0) is 11.6. The Kier molecular flexibility index (Phi) is 2.84. The molecule has 0 atom stereocenters. The van der Waals surface area contributed by atoms with E-state index in [9.17, 15) is 5.11 Å². The molecule has 0 fully saturated rings. The zero-order valence-electron chi connectivity index (χ0n) is 9.60. The summed E-state index contributed by atoms with van der Waals surface area (Å²) in [6, 6.07) is 14.0. The van der Waals surface area contributed by atoms with Crippen molar-refractivity contribution in [2.24, 2.45) is 0 Å². The van der Waals surface area contributed by atoms with Gasteiger partial charge in [0, 0.05) is 5.39 Å². The van der Waals surface area contributed by atoms with Crippen LogP contribution in [0.25, 0.3) is 10.8 Å². The topological polar surface area (TPSA) is 29.5 Å². The smallest absolute Gasteiger partial charge is 0.128 e. The Morgan fingerprint density at radius 2 is 1.75 bits per heavy atom. The third-order valence-corrected chi connectivity index (χ3v) is 2.52. The first kappa shape index (κ1) is 11.0. The number of fused-ring (bicyclic) bond motifs is 1. The van der Waals surface area contributed by atoms with E-state index in [1.54, 1.807) is 0 Å². The molecule has 0 radical (unpaired) electrons. The molecular formula is C14H16O2. The molecule has 2 nitrogen and oxygen atoms in total. The molecule has 2 aromatic carbocycles. The van der Waals surface area contributed by atoms with Crippen molar-refractivity contribution in [3.63, 3.8) is 0 Å². The second-order valence-electron chi connectivity index (χ2n) is 4.50. The van der Waals surface area contributed by atoms with Crippen molar-refractivity contribution < 1.29 is 9.84 Å². The van der Waals surface area contributed by atoms with Crippen molar-refractivity contribution in [2.75, 3.05) is 6.61 Å². The number of ether oxygens (including phenoxy) is 1. The van der Waals surface area contributed by atoms with Crippen LogP contribution in [0, 0.1) is 0 Å². The lowest BCUT2D eigenvalue weighted by Crippen LogP contribution is -2.32. The van der Waals surface area contributed by atoms with Gasteiger partial charge in [-0.25, -0.2) is 0 Å². The molecule has 1 N–H and O–H groups in total. The van der Waals surface area contributed by atoms with Gasteiger partial charge in [0.25, 0.3) is 0 Å². The van der Waals surface area contributed by atoms with E-state index >= 15 is 0 Å². The quantitative estimate of drug-likeness (QED) is 0.854. The summed E-state index contributed by atoms with van der Waals surface area (Å²) < 4.78 is 5.81. The van der Waals surface area contributed by atoms with Crippen molar-refractivity contribution in [3.05, 3.63) is 42.5 Å². The third-order valence-electron chi connectivity index (χ3n) is 2.52. The lowest BCUT2D eigenvalue weighted by Gasteiger charge is -2.24. The van der Waals surface area contributed by atoms with Crippen molar-refractivity contribution in [3.8, 4) is 5.75 Å². The first-order chi connectivity index (χ1) is 7.62. The van der Waals surface area contributed by atoms with Crippen molar-refractivity contribution in [1.82, 2.24) is 0 Å². The molecule has 2 heteroatoms. The van der Waals surface area contributed by atoms with Gasteiger partial charge in [-0.15, -0.1) is 0 Å². The van der Waals surface area contributed by atoms with Crippen molar-refractivity contribution in [2.45, 2.75) is 19.4 Å². The third kappa shape index (κ3) is 2.17. The van der Waals surface area contributed by atoms with Crippen LogP contribution < -0.4 is 4.74 Å². The zero-order valence-corrected chi connectivity index (χ0v) is 9.60. The van der Waals surface area contributed by atoms with Crippen LogP contribution in [-0.4, -0.2) is 17.3 Å². The van der Waals surface area contributed by atoms with E-state index in [4.69, 9.17) is 4.74 Å². The molecule has 0 heterocycles. The van der Waals surface area contributed by atoms with E-state index < -0.39 is 5.60 Å². The fraction of sp³-hybridized carbons (Fsp3) is 0.286. The molecule has 2 rings (SSSR count). The highest BCUT2D eigenvalue weighted by molar-refractivity contribution is 5.88. The van der Waals surface area contributed by atoms with Gasteiger partial charge >= 0.3 is 0 Å². The molecule has 0 aliphatic heterocycles. The van der Waals surface area contributed by atoms with Gasteiger partial charge in [-0.05, 0) is 25.3 Å². The molecule has 0 aliphatic rings. The Morgan fingerprint density at radius 3 is 2.50 bits per heavy atom. The minimum atomic E-state index is -0.551. The number of rotatable bonds is 3. The van der Waals surface area contributed by atoms with Crippen LogP contribution >= 0.6 is 0 Å². The van der Waals surface area contributed by atoms with E-state index in [0.717, 1.165) is 16.5 Å². The number of aliphatic hydroxyl groups excluding tert-OH is 1. The van der Waals surface area contributed by atoms with E-state index in [0.29, 0.717) is 0 Å². The number of aliphatic hydroxyl groups is 1. The Labute approximate surface area is 95.5 Å². The van der Waals surface area contributed by atoms with Crippen LogP contribution in [0.4, 0.5) is 0 Å². The minimum Gasteiger partial charge on any atom is -0.485 e. The summed E-state index contributed by atoms with van der Waals surface area (Å²) in [6.45, 7) is 3.74. The standard InChI is InChI=1S/C14H16O2/c1-14(2,10-15)16-13-9-5-7-11-6-3-4-8-12(11)13/h3-9,15H,10H2,1-2H3. The molecule has 0 aromatic heterocycles. The van der Waals surface area contributed by atoms with E-state index in [1.165, 1.54) is 0 Å². The van der Waals surface area contributed by atoms with Gasteiger partial charge in [-0.2, -0.15) is 0 Å². The predicted molar refractivity (Wildman–Crippen MR) is 65.7 cm³/mol. The predicted octanol–water partition coefficient (Wildman–Crippen LogP) is 2.99. The van der Waals surface area contributed by atoms with Gasteiger partial charge in [-0.3, -0.25) is 0 Å². The molecule has 16 heavy (non-hydrogen) atoms. The molecule has 0 amide bonds. The summed E-state index contributed by atoms with van der Waals surface area (Å²) in [5, 5.41) is 11.4.